The molecule has 4 rings (SSSR count). The molecule has 5 nitrogen and oxygen atoms in total. The van der Waals surface area contributed by atoms with Crippen LogP contribution in [0.25, 0.3) is 21.5 Å². The average Bonchev–Trinajstić information content (AvgIpc) is 3.20. The van der Waals surface area contributed by atoms with E-state index in [4.69, 9.17) is 11.6 Å². The van der Waals surface area contributed by atoms with Gasteiger partial charge in [-0.05, 0) is 49.2 Å². The first-order chi connectivity index (χ1) is 14.9. The number of nitrogens with zero attached hydrogens (tertiary/aromatic N) is 1. The minimum Gasteiger partial charge on any atom is -0.343 e. The summed E-state index contributed by atoms with van der Waals surface area (Å²) < 4.78 is 0.652. The zero-order valence-corrected chi connectivity index (χ0v) is 18.6. The molecular weight excluding hydrogens is 430 g/mol. The number of thiophene rings is 1. The van der Waals surface area contributed by atoms with Crippen molar-refractivity contribution in [1.29, 1.82) is 0 Å². The number of aromatic nitrogens is 1. The predicted octanol–water partition coefficient (Wildman–Crippen LogP) is 5.60. The van der Waals surface area contributed by atoms with E-state index in [-0.39, 0.29) is 18.4 Å². The molecule has 0 saturated heterocycles. The van der Waals surface area contributed by atoms with Crippen LogP contribution < -0.4 is 10.6 Å². The molecule has 2 N–H and O–H groups in total. The van der Waals surface area contributed by atoms with Crippen LogP contribution in [-0.4, -0.2) is 23.3 Å². The number of hydrogen-bond donors (Lipinski definition) is 2. The van der Waals surface area contributed by atoms with E-state index in [1.165, 1.54) is 11.3 Å². The van der Waals surface area contributed by atoms with Crippen molar-refractivity contribution in [3.63, 3.8) is 0 Å². The smallest absolute Gasteiger partial charge is 0.252 e. The van der Waals surface area contributed by atoms with Crippen molar-refractivity contribution in [1.82, 2.24) is 10.3 Å². The van der Waals surface area contributed by atoms with E-state index in [2.05, 4.69) is 15.6 Å². The molecule has 0 saturated carbocycles. The highest BCUT2D eigenvalue weighted by Gasteiger charge is 2.16. The standard InChI is InChI=1S/C24H20ClN3O2S/c1-14-6-5-7-15(2)23(14)28-22(29)13-26-24(30)17-12-19(20-10-11-21(25)31-20)27-18-9-4-3-8-16(17)18/h3-12H,13H2,1-2H3,(H,26,30)(H,28,29). The zero-order valence-electron chi connectivity index (χ0n) is 17.0. The topological polar surface area (TPSA) is 71.1 Å². The first kappa shape index (κ1) is 21.0. The molecule has 0 aliphatic rings. The minimum absolute atomic E-state index is 0.135. The molecule has 0 fully saturated rings. The van der Waals surface area contributed by atoms with Crippen molar-refractivity contribution < 1.29 is 9.59 Å². The maximum absolute atomic E-state index is 13.0. The molecule has 0 atom stereocenters. The van der Waals surface area contributed by atoms with Crippen molar-refractivity contribution in [2.45, 2.75) is 13.8 Å². The Morgan fingerprint density at radius 2 is 1.74 bits per heavy atom. The van der Waals surface area contributed by atoms with Gasteiger partial charge in [-0.15, -0.1) is 11.3 Å². The SMILES string of the molecule is Cc1cccc(C)c1NC(=O)CNC(=O)c1cc(-c2ccc(Cl)s2)nc2ccccc12. The molecule has 0 unspecified atom stereocenters. The Labute approximate surface area is 189 Å². The molecule has 2 aromatic heterocycles. The van der Waals surface area contributed by atoms with E-state index >= 15 is 0 Å². The second-order valence-corrected chi connectivity index (χ2v) is 8.89. The van der Waals surface area contributed by atoms with Gasteiger partial charge in [-0.25, -0.2) is 4.98 Å². The summed E-state index contributed by atoms with van der Waals surface area (Å²) in [5.74, 6) is -0.617. The van der Waals surface area contributed by atoms with Crippen LogP contribution in [0.2, 0.25) is 4.34 Å². The monoisotopic (exact) mass is 449 g/mol. The number of amides is 2. The summed E-state index contributed by atoms with van der Waals surface area (Å²) in [6.45, 7) is 3.73. The van der Waals surface area contributed by atoms with E-state index in [0.29, 0.717) is 21.1 Å². The van der Waals surface area contributed by atoms with E-state index in [9.17, 15) is 9.59 Å². The van der Waals surface area contributed by atoms with Crippen LogP contribution in [0.4, 0.5) is 5.69 Å². The van der Waals surface area contributed by atoms with Crippen molar-refractivity contribution in [3.8, 4) is 10.6 Å². The van der Waals surface area contributed by atoms with E-state index in [1.807, 2.05) is 62.4 Å². The van der Waals surface area contributed by atoms with Crippen molar-refractivity contribution >= 4 is 51.3 Å². The lowest BCUT2D eigenvalue weighted by Crippen LogP contribution is -2.33. The summed E-state index contributed by atoms with van der Waals surface area (Å²) >= 11 is 7.47. The molecule has 4 aromatic rings. The number of pyridine rings is 1. The molecule has 156 valence electrons. The van der Waals surface area contributed by atoms with Gasteiger partial charge in [0.1, 0.15) is 0 Å². The van der Waals surface area contributed by atoms with Crippen LogP contribution in [-0.2, 0) is 4.79 Å². The number of anilines is 1. The highest BCUT2D eigenvalue weighted by molar-refractivity contribution is 7.19. The van der Waals surface area contributed by atoms with E-state index < -0.39 is 0 Å². The molecule has 2 amide bonds. The fourth-order valence-electron chi connectivity index (χ4n) is 3.39. The molecule has 0 aliphatic heterocycles. The second kappa shape index (κ2) is 8.88. The largest absolute Gasteiger partial charge is 0.343 e. The van der Waals surface area contributed by atoms with Gasteiger partial charge in [0.05, 0.1) is 32.5 Å². The summed E-state index contributed by atoms with van der Waals surface area (Å²) in [6, 6.07) is 18.7. The molecular formula is C24H20ClN3O2S. The Morgan fingerprint density at radius 1 is 1.00 bits per heavy atom. The van der Waals surface area contributed by atoms with Gasteiger partial charge in [0.2, 0.25) is 5.91 Å². The minimum atomic E-state index is -0.334. The van der Waals surface area contributed by atoms with E-state index in [1.54, 1.807) is 12.1 Å². The number of carbonyl (C=O) groups is 2. The Kier molecular flexibility index (Phi) is 6.02. The lowest BCUT2D eigenvalue weighted by Gasteiger charge is -2.13. The van der Waals surface area contributed by atoms with Crippen LogP contribution in [0.15, 0.2) is 60.7 Å². The fraction of sp³-hybridized carbons (Fsp3) is 0.125. The van der Waals surface area contributed by atoms with Gasteiger partial charge in [0.15, 0.2) is 0 Å². The summed E-state index contributed by atoms with van der Waals surface area (Å²) in [5.41, 5.74) is 4.55. The summed E-state index contributed by atoms with van der Waals surface area (Å²) in [4.78, 5) is 31.0. The maximum atomic E-state index is 13.0. The van der Waals surface area contributed by atoms with Crippen molar-refractivity contribution in [2.75, 3.05) is 11.9 Å². The Hall–Kier alpha value is -3.22. The van der Waals surface area contributed by atoms with Gasteiger partial charge < -0.3 is 10.6 Å². The number of hydrogen-bond acceptors (Lipinski definition) is 4. The maximum Gasteiger partial charge on any atom is 0.252 e. The quantitative estimate of drug-likeness (QED) is 0.416. The summed E-state index contributed by atoms with van der Waals surface area (Å²) in [5, 5.41) is 6.34. The number of carbonyl (C=O) groups excluding carboxylic acids is 2. The van der Waals surface area contributed by atoms with Crippen LogP contribution in [0.5, 0.6) is 0 Å². The number of aryl methyl sites for hydroxylation is 2. The fourth-order valence-corrected chi connectivity index (χ4v) is 4.40. The molecule has 2 heterocycles. The second-order valence-electron chi connectivity index (χ2n) is 7.17. The number of fused-ring (bicyclic) bond motifs is 1. The number of para-hydroxylation sites is 2. The molecule has 0 aliphatic carbocycles. The highest BCUT2D eigenvalue weighted by Crippen LogP contribution is 2.32. The molecule has 7 heteroatoms. The van der Waals surface area contributed by atoms with Gasteiger partial charge in [-0.2, -0.15) is 0 Å². The lowest BCUT2D eigenvalue weighted by molar-refractivity contribution is -0.115. The van der Waals surface area contributed by atoms with Gasteiger partial charge in [0.25, 0.3) is 5.91 Å². The van der Waals surface area contributed by atoms with Crippen LogP contribution in [0.1, 0.15) is 21.5 Å². The first-order valence-electron chi connectivity index (χ1n) is 9.72. The first-order valence-corrected chi connectivity index (χ1v) is 10.9. The molecule has 2 aromatic carbocycles. The summed E-state index contributed by atoms with van der Waals surface area (Å²) in [6.07, 6.45) is 0. The Morgan fingerprint density at radius 3 is 2.45 bits per heavy atom. The third kappa shape index (κ3) is 4.60. The number of rotatable bonds is 5. The van der Waals surface area contributed by atoms with Crippen LogP contribution in [0, 0.1) is 13.8 Å². The average molecular weight is 450 g/mol. The van der Waals surface area contributed by atoms with Gasteiger partial charge in [-0.3, -0.25) is 9.59 Å². The molecule has 0 radical (unpaired) electrons. The number of benzene rings is 2. The third-order valence-corrected chi connectivity index (χ3v) is 6.20. The molecule has 0 spiro atoms. The summed E-state index contributed by atoms with van der Waals surface area (Å²) in [7, 11) is 0. The van der Waals surface area contributed by atoms with Gasteiger partial charge in [-0.1, -0.05) is 48.0 Å². The van der Waals surface area contributed by atoms with Crippen LogP contribution >= 0.6 is 22.9 Å². The van der Waals surface area contributed by atoms with Crippen molar-refractivity contribution in [3.05, 3.63) is 81.7 Å². The van der Waals surface area contributed by atoms with Gasteiger partial charge in [0, 0.05) is 11.1 Å². The number of nitrogens with one attached hydrogen (secondary N) is 2. The Balaban J connectivity index is 1.56. The van der Waals surface area contributed by atoms with Crippen LogP contribution in [0.3, 0.4) is 0 Å². The Bertz CT molecular complexity index is 1280. The van der Waals surface area contributed by atoms with E-state index in [0.717, 1.165) is 27.1 Å². The third-order valence-electron chi connectivity index (χ3n) is 4.94. The highest BCUT2D eigenvalue weighted by atomic mass is 35.5. The normalized spacial score (nSPS) is 10.8. The van der Waals surface area contributed by atoms with Crippen molar-refractivity contribution in [2.24, 2.45) is 0 Å². The predicted molar refractivity (Wildman–Crippen MR) is 127 cm³/mol. The number of halogens is 1. The molecule has 31 heavy (non-hydrogen) atoms. The molecule has 0 bridgehead atoms. The van der Waals surface area contributed by atoms with Gasteiger partial charge >= 0.3 is 0 Å². The zero-order chi connectivity index (χ0) is 22.0. The lowest BCUT2D eigenvalue weighted by atomic mass is 10.1.